The number of hydrogen-bond acceptors (Lipinski definition) is 5. The van der Waals surface area contributed by atoms with E-state index in [1.54, 1.807) is 0 Å². The van der Waals surface area contributed by atoms with Gasteiger partial charge in [-0.2, -0.15) is 4.98 Å². The summed E-state index contributed by atoms with van der Waals surface area (Å²) in [6.07, 6.45) is 9.23. The Morgan fingerprint density at radius 1 is 1.20 bits per heavy atom. The van der Waals surface area contributed by atoms with Crippen LogP contribution in [-0.4, -0.2) is 40.7 Å². The second-order valence-corrected chi connectivity index (χ2v) is 7.12. The second kappa shape index (κ2) is 7.93. The van der Waals surface area contributed by atoms with Crippen molar-refractivity contribution in [2.75, 3.05) is 19.6 Å². The minimum atomic E-state index is 0.531. The van der Waals surface area contributed by atoms with Gasteiger partial charge in [0.25, 0.3) is 0 Å². The van der Waals surface area contributed by atoms with Gasteiger partial charge in [-0.05, 0) is 37.8 Å². The lowest BCUT2D eigenvalue weighted by Crippen LogP contribution is -2.45. The van der Waals surface area contributed by atoms with Crippen molar-refractivity contribution in [3.05, 3.63) is 53.7 Å². The third kappa shape index (κ3) is 4.77. The standard InChI is InChI=1S/C20H26N4O/c1-2-6-16(7-3-1)8-4-12-21-18-9-5-13-24(14-18)15-19-22-20(25-23-19)17-10-11-17/h1-4,6-8,17-18,21H,5,9-15H2/b8-4-/t18-/m0/s1. The molecule has 1 N–H and O–H groups in total. The first-order valence-corrected chi connectivity index (χ1v) is 9.36. The highest BCUT2D eigenvalue weighted by Crippen LogP contribution is 2.38. The van der Waals surface area contributed by atoms with Crippen molar-refractivity contribution in [3.8, 4) is 0 Å². The number of nitrogens with one attached hydrogen (secondary N) is 1. The Morgan fingerprint density at radius 3 is 2.92 bits per heavy atom. The Kier molecular flexibility index (Phi) is 5.23. The summed E-state index contributed by atoms with van der Waals surface area (Å²) in [5.41, 5.74) is 1.25. The van der Waals surface area contributed by atoms with Gasteiger partial charge in [-0.3, -0.25) is 4.90 Å². The van der Waals surface area contributed by atoms with E-state index in [9.17, 15) is 0 Å². The number of rotatable bonds is 7. The molecule has 0 radical (unpaired) electrons. The topological polar surface area (TPSA) is 54.2 Å². The molecule has 5 heteroatoms. The molecule has 2 aromatic rings. The molecule has 4 rings (SSSR count). The van der Waals surface area contributed by atoms with Gasteiger partial charge in [0.15, 0.2) is 5.82 Å². The molecule has 2 fully saturated rings. The zero-order valence-corrected chi connectivity index (χ0v) is 14.6. The second-order valence-electron chi connectivity index (χ2n) is 7.12. The number of benzene rings is 1. The summed E-state index contributed by atoms with van der Waals surface area (Å²) >= 11 is 0. The summed E-state index contributed by atoms with van der Waals surface area (Å²) in [4.78, 5) is 6.98. The first-order valence-electron chi connectivity index (χ1n) is 9.36. The number of nitrogens with zero attached hydrogens (tertiary/aromatic N) is 3. The van der Waals surface area contributed by atoms with E-state index >= 15 is 0 Å². The summed E-state index contributed by atoms with van der Waals surface area (Å²) in [5, 5.41) is 7.79. The minimum Gasteiger partial charge on any atom is -0.339 e. The molecule has 0 amide bonds. The fourth-order valence-corrected chi connectivity index (χ4v) is 3.39. The first-order chi connectivity index (χ1) is 12.4. The zero-order valence-electron chi connectivity index (χ0n) is 14.6. The summed E-state index contributed by atoms with van der Waals surface area (Å²) in [6, 6.07) is 11.0. The predicted molar refractivity (Wildman–Crippen MR) is 98.1 cm³/mol. The predicted octanol–water partition coefficient (Wildman–Crippen LogP) is 3.21. The molecule has 1 aromatic carbocycles. The smallest absolute Gasteiger partial charge is 0.229 e. The molecule has 2 heterocycles. The van der Waals surface area contributed by atoms with Gasteiger partial charge >= 0.3 is 0 Å². The van der Waals surface area contributed by atoms with Gasteiger partial charge in [-0.15, -0.1) is 0 Å². The third-order valence-corrected chi connectivity index (χ3v) is 4.92. The summed E-state index contributed by atoms with van der Waals surface area (Å²) in [7, 11) is 0. The van der Waals surface area contributed by atoms with Crippen LogP contribution in [0.3, 0.4) is 0 Å². The van der Waals surface area contributed by atoms with Crippen molar-refractivity contribution in [1.29, 1.82) is 0 Å². The van der Waals surface area contributed by atoms with Crippen molar-refractivity contribution >= 4 is 6.08 Å². The SMILES string of the molecule is C(=C/c1ccccc1)/CN[C@H]1CCCN(Cc2noc(C3CC3)n2)C1. The van der Waals surface area contributed by atoms with Crippen molar-refractivity contribution in [2.45, 2.75) is 44.2 Å². The highest BCUT2D eigenvalue weighted by molar-refractivity contribution is 5.48. The van der Waals surface area contributed by atoms with Crippen molar-refractivity contribution in [3.63, 3.8) is 0 Å². The molecule has 0 bridgehead atoms. The van der Waals surface area contributed by atoms with Gasteiger partial charge in [-0.1, -0.05) is 47.6 Å². The lowest BCUT2D eigenvalue weighted by Gasteiger charge is -2.32. The Morgan fingerprint density at radius 2 is 2.08 bits per heavy atom. The molecule has 1 atom stereocenters. The molecule has 2 aliphatic rings. The van der Waals surface area contributed by atoms with E-state index in [1.165, 1.54) is 31.2 Å². The molecule has 25 heavy (non-hydrogen) atoms. The maximum Gasteiger partial charge on any atom is 0.229 e. The number of hydrogen-bond donors (Lipinski definition) is 1. The van der Waals surface area contributed by atoms with Crippen molar-refractivity contribution in [2.24, 2.45) is 0 Å². The van der Waals surface area contributed by atoms with Gasteiger partial charge in [0.05, 0.1) is 6.54 Å². The maximum atomic E-state index is 5.37. The highest BCUT2D eigenvalue weighted by Gasteiger charge is 2.30. The Balaban J connectivity index is 1.22. The first kappa shape index (κ1) is 16.5. The molecule has 0 spiro atoms. The minimum absolute atomic E-state index is 0.531. The van der Waals surface area contributed by atoms with Gasteiger partial charge < -0.3 is 9.84 Å². The van der Waals surface area contributed by atoms with Crippen molar-refractivity contribution in [1.82, 2.24) is 20.4 Å². The normalized spacial score (nSPS) is 21.8. The summed E-state index contributed by atoms with van der Waals surface area (Å²) in [6.45, 7) is 3.87. The van der Waals surface area contributed by atoms with E-state index in [-0.39, 0.29) is 0 Å². The lowest BCUT2D eigenvalue weighted by atomic mass is 10.1. The average Bonchev–Trinajstić information content (AvgIpc) is 3.40. The van der Waals surface area contributed by atoms with Crippen LogP contribution >= 0.6 is 0 Å². The summed E-state index contributed by atoms with van der Waals surface area (Å²) in [5.74, 6) is 2.22. The van der Waals surface area contributed by atoms with Crippen LogP contribution in [0.2, 0.25) is 0 Å². The van der Waals surface area contributed by atoms with Crippen LogP contribution in [0, 0.1) is 0 Å². The van der Waals surface area contributed by atoms with Gasteiger partial charge in [0.2, 0.25) is 5.89 Å². The van der Waals surface area contributed by atoms with Crippen LogP contribution in [0.25, 0.3) is 6.08 Å². The largest absolute Gasteiger partial charge is 0.339 e. The zero-order chi connectivity index (χ0) is 16.9. The van der Waals surface area contributed by atoms with Crippen LogP contribution in [-0.2, 0) is 6.54 Å². The van der Waals surface area contributed by atoms with Crippen LogP contribution in [0.5, 0.6) is 0 Å². The maximum absolute atomic E-state index is 5.37. The van der Waals surface area contributed by atoms with E-state index in [4.69, 9.17) is 4.52 Å². The quantitative estimate of drug-likeness (QED) is 0.840. The van der Waals surface area contributed by atoms with E-state index in [0.717, 1.165) is 37.9 Å². The monoisotopic (exact) mass is 338 g/mol. The Bertz CT molecular complexity index is 693. The molecule has 1 aliphatic carbocycles. The van der Waals surface area contributed by atoms with Crippen LogP contribution in [0.15, 0.2) is 40.9 Å². The molecule has 132 valence electrons. The fraction of sp³-hybridized carbons (Fsp3) is 0.500. The number of aromatic nitrogens is 2. The van der Waals surface area contributed by atoms with Gasteiger partial charge in [-0.25, -0.2) is 0 Å². The number of likely N-dealkylation sites (tertiary alicyclic amines) is 1. The third-order valence-electron chi connectivity index (χ3n) is 4.92. The van der Waals surface area contributed by atoms with Gasteiger partial charge in [0, 0.05) is 25.0 Å². The lowest BCUT2D eigenvalue weighted by molar-refractivity contribution is 0.180. The average molecular weight is 338 g/mol. The molecular formula is C20H26N4O. The van der Waals surface area contributed by atoms with Crippen LogP contribution in [0.4, 0.5) is 0 Å². The van der Waals surface area contributed by atoms with E-state index in [1.807, 2.05) is 6.07 Å². The molecule has 5 nitrogen and oxygen atoms in total. The molecular weight excluding hydrogens is 312 g/mol. The Hall–Kier alpha value is -1.98. The fourth-order valence-electron chi connectivity index (χ4n) is 3.39. The highest BCUT2D eigenvalue weighted by atomic mass is 16.5. The molecule has 1 saturated carbocycles. The molecule has 1 aromatic heterocycles. The Labute approximate surface area is 149 Å². The molecule has 1 aliphatic heterocycles. The summed E-state index contributed by atoms with van der Waals surface area (Å²) < 4.78 is 5.37. The number of piperidine rings is 1. The van der Waals surface area contributed by atoms with Crippen LogP contribution in [0.1, 0.15) is 48.9 Å². The van der Waals surface area contributed by atoms with Crippen molar-refractivity contribution < 1.29 is 4.52 Å². The van der Waals surface area contributed by atoms with E-state index in [2.05, 4.69) is 56.8 Å². The molecule has 1 saturated heterocycles. The van der Waals surface area contributed by atoms with Crippen LogP contribution < -0.4 is 5.32 Å². The van der Waals surface area contributed by atoms with E-state index in [0.29, 0.717) is 12.0 Å². The van der Waals surface area contributed by atoms with Gasteiger partial charge in [0.1, 0.15) is 0 Å². The molecule has 0 unspecified atom stereocenters. The van der Waals surface area contributed by atoms with E-state index < -0.39 is 0 Å².